The number of nitrogens with zero attached hydrogens (tertiary/aromatic N) is 3. The third kappa shape index (κ3) is 4.71. The lowest BCUT2D eigenvalue weighted by molar-refractivity contribution is -0.125. The smallest absolute Gasteiger partial charge is 0.260 e. The van der Waals surface area contributed by atoms with E-state index in [0.717, 1.165) is 17.7 Å². The maximum absolute atomic E-state index is 13.0. The summed E-state index contributed by atoms with van der Waals surface area (Å²) in [5.74, 6) is -0.145. The van der Waals surface area contributed by atoms with Crippen molar-refractivity contribution >= 4 is 51.4 Å². The van der Waals surface area contributed by atoms with Crippen LogP contribution < -0.4 is 20.7 Å². The van der Waals surface area contributed by atoms with Crippen molar-refractivity contribution < 1.29 is 14.3 Å². The second-order valence-corrected chi connectivity index (χ2v) is 9.43. The van der Waals surface area contributed by atoms with Crippen LogP contribution in [0.25, 0.3) is 0 Å². The van der Waals surface area contributed by atoms with Crippen LogP contribution >= 0.6 is 23.1 Å². The van der Waals surface area contributed by atoms with E-state index in [9.17, 15) is 9.59 Å². The van der Waals surface area contributed by atoms with Crippen molar-refractivity contribution in [2.45, 2.75) is 30.7 Å². The van der Waals surface area contributed by atoms with Gasteiger partial charge >= 0.3 is 0 Å². The second kappa shape index (κ2) is 9.58. The molecule has 3 N–H and O–H groups in total. The number of carbonyl (C=O) groups is 2. The van der Waals surface area contributed by atoms with Gasteiger partial charge in [0.25, 0.3) is 5.91 Å². The number of nitrogens with one attached hydrogen (secondary N) is 1. The van der Waals surface area contributed by atoms with E-state index in [1.807, 2.05) is 12.1 Å². The first-order valence-electron chi connectivity index (χ1n) is 10.1. The van der Waals surface area contributed by atoms with Gasteiger partial charge in [-0.3, -0.25) is 9.59 Å². The molecule has 0 saturated carbocycles. The summed E-state index contributed by atoms with van der Waals surface area (Å²) in [5.41, 5.74) is 9.43. The fourth-order valence-electron chi connectivity index (χ4n) is 3.45. The summed E-state index contributed by atoms with van der Waals surface area (Å²) in [7, 11) is 0. The van der Waals surface area contributed by atoms with Crippen molar-refractivity contribution in [3.63, 3.8) is 0 Å². The van der Waals surface area contributed by atoms with Gasteiger partial charge in [0.1, 0.15) is 5.75 Å². The third-order valence-corrected chi connectivity index (χ3v) is 7.05. The number of carbonyl (C=O) groups excluding carboxylic acids is 2. The molecule has 4 rings (SSSR count). The Morgan fingerprint density at radius 3 is 2.84 bits per heavy atom. The largest absolute Gasteiger partial charge is 0.477 e. The van der Waals surface area contributed by atoms with Gasteiger partial charge in [0.2, 0.25) is 11.0 Å². The average molecular weight is 470 g/mol. The Morgan fingerprint density at radius 1 is 1.25 bits per heavy atom. The molecule has 1 aliphatic rings. The van der Waals surface area contributed by atoms with E-state index in [0.29, 0.717) is 20.9 Å². The van der Waals surface area contributed by atoms with Crippen molar-refractivity contribution in [1.82, 2.24) is 10.2 Å². The van der Waals surface area contributed by atoms with Crippen molar-refractivity contribution in [2.75, 3.05) is 22.5 Å². The zero-order valence-corrected chi connectivity index (χ0v) is 19.3. The van der Waals surface area contributed by atoms with Gasteiger partial charge < -0.3 is 20.7 Å². The molecule has 8 nitrogen and oxygen atoms in total. The fourth-order valence-corrected chi connectivity index (χ4v) is 5.08. The highest BCUT2D eigenvalue weighted by atomic mass is 32.2. The molecular formula is C22H23N5O3S2. The van der Waals surface area contributed by atoms with Crippen LogP contribution in [0.15, 0.2) is 46.8 Å². The van der Waals surface area contributed by atoms with Gasteiger partial charge in [-0.25, -0.2) is 0 Å². The van der Waals surface area contributed by atoms with Crippen LogP contribution in [0.4, 0.5) is 16.5 Å². The number of aryl methyl sites for hydroxylation is 2. The molecule has 0 spiro atoms. The number of nitrogens with two attached hydrogens (primary N) is 1. The second-order valence-electron chi connectivity index (χ2n) is 7.23. The molecular weight excluding hydrogens is 446 g/mol. The number of aromatic nitrogens is 2. The molecule has 2 amide bonds. The Hall–Kier alpha value is -3.11. The van der Waals surface area contributed by atoms with E-state index in [1.54, 1.807) is 23.1 Å². The molecule has 2 heterocycles. The van der Waals surface area contributed by atoms with Crippen LogP contribution in [0.1, 0.15) is 18.1 Å². The van der Waals surface area contributed by atoms with E-state index >= 15 is 0 Å². The van der Waals surface area contributed by atoms with Gasteiger partial charge in [-0.15, -0.1) is 10.2 Å². The Labute approximate surface area is 194 Å². The quantitative estimate of drug-likeness (QED) is 0.509. The molecule has 1 aliphatic heterocycles. The van der Waals surface area contributed by atoms with E-state index in [1.165, 1.54) is 28.7 Å². The topological polar surface area (TPSA) is 110 Å². The van der Waals surface area contributed by atoms with Gasteiger partial charge in [-0.05, 0) is 36.6 Å². The molecule has 32 heavy (non-hydrogen) atoms. The molecule has 2 aromatic carbocycles. The predicted octanol–water partition coefficient (Wildman–Crippen LogP) is 3.52. The van der Waals surface area contributed by atoms with Gasteiger partial charge in [-0.2, -0.15) is 0 Å². The van der Waals surface area contributed by atoms with Crippen molar-refractivity contribution in [1.29, 1.82) is 0 Å². The SMILES string of the molecule is CCc1cccc(C)c1Nc1nnc(SCC(=O)N2C[C@@H](C(N)=O)Oc3ccccc32)s1. The number of fused-ring (bicyclic) bond motifs is 1. The number of ether oxygens (including phenoxy) is 1. The van der Waals surface area contributed by atoms with Gasteiger partial charge in [0.05, 0.1) is 18.0 Å². The fraction of sp³-hybridized carbons (Fsp3) is 0.273. The third-order valence-electron chi connectivity index (χ3n) is 5.09. The number of primary amides is 1. The Morgan fingerprint density at radius 2 is 2.06 bits per heavy atom. The standard InChI is InChI=1S/C22H23N5O3S2/c1-3-14-8-6-7-13(2)19(14)24-21-25-26-22(32-21)31-12-18(28)27-11-17(20(23)29)30-16-10-5-4-9-15(16)27/h4-10,17H,3,11-12H2,1-2H3,(H2,23,29)(H,24,25)/t17-/m0/s1. The summed E-state index contributed by atoms with van der Waals surface area (Å²) >= 11 is 2.70. The zero-order chi connectivity index (χ0) is 22.7. The van der Waals surface area contributed by atoms with Crippen LogP contribution in [0.3, 0.4) is 0 Å². The van der Waals surface area contributed by atoms with E-state index in [4.69, 9.17) is 10.5 Å². The Balaban J connectivity index is 1.43. The maximum Gasteiger partial charge on any atom is 0.260 e. The molecule has 1 atom stereocenters. The number of thioether (sulfide) groups is 1. The lowest BCUT2D eigenvalue weighted by Gasteiger charge is -2.33. The number of hydrogen-bond acceptors (Lipinski definition) is 8. The molecule has 0 aliphatic carbocycles. The minimum atomic E-state index is -0.877. The number of hydrogen-bond donors (Lipinski definition) is 2. The molecule has 0 radical (unpaired) electrons. The van der Waals surface area contributed by atoms with Crippen molar-refractivity contribution in [3.8, 4) is 5.75 Å². The lowest BCUT2D eigenvalue weighted by atomic mass is 10.1. The Kier molecular flexibility index (Phi) is 6.61. The molecule has 1 aromatic heterocycles. The number of para-hydroxylation sites is 3. The highest BCUT2D eigenvalue weighted by Crippen LogP contribution is 2.35. The molecule has 3 aromatic rings. The first-order chi connectivity index (χ1) is 15.5. The number of anilines is 3. The van der Waals surface area contributed by atoms with Crippen LogP contribution in [-0.2, 0) is 16.0 Å². The normalized spacial score (nSPS) is 15.1. The Bertz CT molecular complexity index is 1150. The average Bonchev–Trinajstić information content (AvgIpc) is 3.25. The number of amides is 2. The molecule has 0 fully saturated rings. The van der Waals surface area contributed by atoms with E-state index in [2.05, 4.69) is 41.5 Å². The summed E-state index contributed by atoms with van der Waals surface area (Å²) in [6.45, 7) is 4.25. The first-order valence-corrected chi connectivity index (χ1v) is 11.9. The van der Waals surface area contributed by atoms with E-state index in [-0.39, 0.29) is 18.2 Å². The lowest BCUT2D eigenvalue weighted by Crippen LogP contribution is -2.49. The summed E-state index contributed by atoms with van der Waals surface area (Å²) in [6.07, 6.45) is 0.0322. The first kappa shape index (κ1) is 22.1. The molecule has 166 valence electrons. The van der Waals surface area contributed by atoms with Crippen molar-refractivity contribution in [3.05, 3.63) is 53.6 Å². The number of rotatable bonds is 7. The van der Waals surface area contributed by atoms with Crippen LogP contribution in [-0.4, -0.2) is 40.4 Å². The van der Waals surface area contributed by atoms with Gasteiger partial charge in [0.15, 0.2) is 10.4 Å². The highest BCUT2D eigenvalue weighted by molar-refractivity contribution is 8.01. The molecule has 0 bridgehead atoms. The minimum Gasteiger partial charge on any atom is -0.477 e. The molecule has 10 heteroatoms. The summed E-state index contributed by atoms with van der Waals surface area (Å²) in [4.78, 5) is 26.2. The van der Waals surface area contributed by atoms with Crippen LogP contribution in [0, 0.1) is 6.92 Å². The monoisotopic (exact) mass is 469 g/mol. The van der Waals surface area contributed by atoms with Crippen LogP contribution in [0.5, 0.6) is 5.75 Å². The van der Waals surface area contributed by atoms with Gasteiger partial charge in [0, 0.05) is 5.69 Å². The predicted molar refractivity (Wildman–Crippen MR) is 127 cm³/mol. The van der Waals surface area contributed by atoms with Crippen LogP contribution in [0.2, 0.25) is 0 Å². The van der Waals surface area contributed by atoms with Gasteiger partial charge in [-0.1, -0.05) is 60.4 Å². The summed E-state index contributed by atoms with van der Waals surface area (Å²) in [6, 6.07) is 13.3. The minimum absolute atomic E-state index is 0.0851. The maximum atomic E-state index is 13.0. The number of benzene rings is 2. The zero-order valence-electron chi connectivity index (χ0n) is 17.7. The molecule has 0 unspecified atom stereocenters. The summed E-state index contributed by atoms with van der Waals surface area (Å²) in [5, 5.41) is 12.5. The van der Waals surface area contributed by atoms with E-state index < -0.39 is 12.0 Å². The summed E-state index contributed by atoms with van der Waals surface area (Å²) < 4.78 is 6.30. The molecule has 0 saturated heterocycles. The highest BCUT2D eigenvalue weighted by Gasteiger charge is 2.32. The van der Waals surface area contributed by atoms with Crippen molar-refractivity contribution in [2.24, 2.45) is 5.73 Å².